The molecular formula is C30H36ClN3O4S. The molecule has 2 amide bonds. The van der Waals surface area contributed by atoms with Crippen molar-refractivity contribution in [1.29, 1.82) is 0 Å². The highest BCUT2D eigenvalue weighted by Crippen LogP contribution is 2.26. The zero-order chi connectivity index (χ0) is 28.6. The summed E-state index contributed by atoms with van der Waals surface area (Å²) >= 11 is 6.00. The minimum absolute atomic E-state index is 0.0123. The molecular weight excluding hydrogens is 534 g/mol. The topological polar surface area (TPSA) is 86.8 Å². The summed E-state index contributed by atoms with van der Waals surface area (Å²) in [6.07, 6.45) is 1.14. The van der Waals surface area contributed by atoms with E-state index in [4.69, 9.17) is 11.6 Å². The Balaban J connectivity index is 2.04. The van der Waals surface area contributed by atoms with E-state index < -0.39 is 28.5 Å². The number of benzene rings is 3. The van der Waals surface area contributed by atoms with E-state index in [-0.39, 0.29) is 17.3 Å². The van der Waals surface area contributed by atoms with E-state index in [1.807, 2.05) is 52.0 Å². The SMILES string of the molecule is CCCNC(=O)C(CC)N(Cc1cccc(C)c1)C(=O)CN(c1ccc(C)cc1)S(=O)(=O)c1ccc(Cl)cc1. The van der Waals surface area contributed by atoms with Crippen LogP contribution >= 0.6 is 11.6 Å². The zero-order valence-electron chi connectivity index (χ0n) is 22.9. The monoisotopic (exact) mass is 569 g/mol. The van der Waals surface area contributed by atoms with Gasteiger partial charge in [-0.25, -0.2) is 8.42 Å². The number of hydrogen-bond donors (Lipinski definition) is 1. The molecule has 7 nitrogen and oxygen atoms in total. The van der Waals surface area contributed by atoms with Crippen LogP contribution in [-0.2, 0) is 26.2 Å². The first-order chi connectivity index (χ1) is 18.6. The largest absolute Gasteiger partial charge is 0.354 e. The van der Waals surface area contributed by atoms with Crippen LogP contribution in [0.3, 0.4) is 0 Å². The lowest BCUT2D eigenvalue weighted by Gasteiger charge is -2.33. The maximum Gasteiger partial charge on any atom is 0.264 e. The Kier molecular flexibility index (Phi) is 10.5. The van der Waals surface area contributed by atoms with Gasteiger partial charge in [-0.1, -0.05) is 73.0 Å². The summed E-state index contributed by atoms with van der Waals surface area (Å²) in [5.41, 5.74) is 3.18. The summed E-state index contributed by atoms with van der Waals surface area (Å²) in [6.45, 7) is 7.84. The van der Waals surface area contributed by atoms with Crippen molar-refractivity contribution in [2.75, 3.05) is 17.4 Å². The number of sulfonamides is 1. The van der Waals surface area contributed by atoms with Gasteiger partial charge in [-0.15, -0.1) is 0 Å². The summed E-state index contributed by atoms with van der Waals surface area (Å²) in [6, 6.07) is 19.7. The second kappa shape index (κ2) is 13.6. The Morgan fingerprint density at radius 2 is 1.59 bits per heavy atom. The highest BCUT2D eigenvalue weighted by atomic mass is 35.5. The van der Waals surface area contributed by atoms with Crippen molar-refractivity contribution in [2.24, 2.45) is 0 Å². The van der Waals surface area contributed by atoms with Crippen molar-refractivity contribution >= 4 is 39.1 Å². The second-order valence-corrected chi connectivity index (χ2v) is 11.8. The van der Waals surface area contributed by atoms with E-state index in [1.54, 1.807) is 24.3 Å². The Morgan fingerprint density at radius 3 is 2.18 bits per heavy atom. The minimum Gasteiger partial charge on any atom is -0.354 e. The lowest BCUT2D eigenvalue weighted by molar-refractivity contribution is -0.140. The molecule has 0 aromatic heterocycles. The van der Waals surface area contributed by atoms with Gasteiger partial charge in [-0.3, -0.25) is 13.9 Å². The molecule has 0 saturated heterocycles. The molecule has 0 radical (unpaired) electrons. The second-order valence-electron chi connectivity index (χ2n) is 9.53. The maximum absolute atomic E-state index is 14.0. The third-order valence-corrected chi connectivity index (χ3v) is 8.41. The number of anilines is 1. The highest BCUT2D eigenvalue weighted by Gasteiger charge is 2.33. The number of carbonyl (C=O) groups excluding carboxylic acids is 2. The molecule has 3 aromatic carbocycles. The number of nitrogens with zero attached hydrogens (tertiary/aromatic N) is 2. The summed E-state index contributed by atoms with van der Waals surface area (Å²) < 4.78 is 28.8. The van der Waals surface area contributed by atoms with Gasteiger partial charge in [0.05, 0.1) is 10.6 Å². The molecule has 3 aromatic rings. The van der Waals surface area contributed by atoms with Crippen LogP contribution < -0.4 is 9.62 Å². The molecule has 0 heterocycles. The van der Waals surface area contributed by atoms with Gasteiger partial charge in [0.15, 0.2) is 0 Å². The van der Waals surface area contributed by atoms with Crippen molar-refractivity contribution in [2.45, 2.75) is 58.0 Å². The van der Waals surface area contributed by atoms with Crippen LogP contribution in [0, 0.1) is 13.8 Å². The minimum atomic E-state index is -4.13. The molecule has 3 rings (SSSR count). The lowest BCUT2D eigenvalue weighted by atomic mass is 10.1. The van der Waals surface area contributed by atoms with Gasteiger partial charge >= 0.3 is 0 Å². The maximum atomic E-state index is 14.0. The molecule has 0 aliphatic carbocycles. The molecule has 9 heteroatoms. The molecule has 0 spiro atoms. The molecule has 0 aliphatic heterocycles. The Morgan fingerprint density at radius 1 is 0.923 bits per heavy atom. The van der Waals surface area contributed by atoms with E-state index in [9.17, 15) is 18.0 Å². The zero-order valence-corrected chi connectivity index (χ0v) is 24.4. The fraction of sp³-hybridized carbons (Fsp3) is 0.333. The predicted octanol–water partition coefficient (Wildman–Crippen LogP) is 5.49. The van der Waals surface area contributed by atoms with Gasteiger partial charge in [0.2, 0.25) is 11.8 Å². The number of amides is 2. The summed E-state index contributed by atoms with van der Waals surface area (Å²) in [7, 11) is -4.13. The summed E-state index contributed by atoms with van der Waals surface area (Å²) in [4.78, 5) is 28.6. The molecule has 1 N–H and O–H groups in total. The van der Waals surface area contributed by atoms with Crippen molar-refractivity contribution in [3.63, 3.8) is 0 Å². The standard InChI is InChI=1S/C30H36ClN3O4S/c1-5-18-32-30(36)28(6-2)33(20-24-9-7-8-23(4)19-24)29(35)21-34(26-14-10-22(3)11-15-26)39(37,38)27-16-12-25(31)13-17-27/h7-17,19,28H,5-6,18,20-21H2,1-4H3,(H,32,36). The molecule has 208 valence electrons. The van der Waals surface area contributed by atoms with E-state index in [0.29, 0.717) is 23.7 Å². The molecule has 1 atom stereocenters. The Hall–Kier alpha value is -3.36. The van der Waals surface area contributed by atoms with Crippen LogP contribution in [0.2, 0.25) is 5.02 Å². The first-order valence-electron chi connectivity index (χ1n) is 13.0. The quantitative estimate of drug-likeness (QED) is 0.313. The summed E-state index contributed by atoms with van der Waals surface area (Å²) in [5, 5.41) is 3.29. The molecule has 0 aliphatic rings. The van der Waals surface area contributed by atoms with E-state index in [2.05, 4.69) is 5.32 Å². The number of nitrogens with one attached hydrogen (secondary N) is 1. The number of carbonyl (C=O) groups is 2. The fourth-order valence-electron chi connectivity index (χ4n) is 4.27. The smallest absolute Gasteiger partial charge is 0.264 e. The van der Waals surface area contributed by atoms with Crippen LogP contribution in [0.4, 0.5) is 5.69 Å². The first kappa shape index (κ1) is 30.2. The van der Waals surface area contributed by atoms with Crippen molar-refractivity contribution in [3.8, 4) is 0 Å². The van der Waals surface area contributed by atoms with Gasteiger partial charge in [-0.2, -0.15) is 0 Å². The highest BCUT2D eigenvalue weighted by molar-refractivity contribution is 7.92. The van der Waals surface area contributed by atoms with Crippen molar-refractivity contribution < 1.29 is 18.0 Å². The van der Waals surface area contributed by atoms with Crippen LogP contribution in [0.1, 0.15) is 43.4 Å². The van der Waals surface area contributed by atoms with E-state index in [0.717, 1.165) is 27.4 Å². The number of rotatable bonds is 12. The van der Waals surface area contributed by atoms with Gasteiger partial charge < -0.3 is 10.2 Å². The number of aryl methyl sites for hydroxylation is 2. The van der Waals surface area contributed by atoms with Crippen LogP contribution in [0.25, 0.3) is 0 Å². The van der Waals surface area contributed by atoms with Crippen LogP contribution in [0.5, 0.6) is 0 Å². The third kappa shape index (κ3) is 7.83. The Bertz CT molecular complexity index is 1380. The predicted molar refractivity (Wildman–Crippen MR) is 156 cm³/mol. The molecule has 0 saturated carbocycles. The van der Waals surface area contributed by atoms with E-state index in [1.165, 1.54) is 29.2 Å². The van der Waals surface area contributed by atoms with Crippen molar-refractivity contribution in [3.05, 3.63) is 94.5 Å². The fourth-order valence-corrected chi connectivity index (χ4v) is 5.81. The molecule has 0 bridgehead atoms. The van der Waals surface area contributed by atoms with Gasteiger partial charge in [0.25, 0.3) is 10.0 Å². The van der Waals surface area contributed by atoms with Gasteiger partial charge in [0, 0.05) is 18.1 Å². The number of hydrogen-bond acceptors (Lipinski definition) is 4. The van der Waals surface area contributed by atoms with Crippen LogP contribution in [0.15, 0.2) is 77.7 Å². The normalized spacial score (nSPS) is 12.0. The average Bonchev–Trinajstić information content (AvgIpc) is 2.91. The molecule has 0 fully saturated rings. The first-order valence-corrected chi connectivity index (χ1v) is 14.9. The number of halogens is 1. The molecule has 39 heavy (non-hydrogen) atoms. The van der Waals surface area contributed by atoms with Crippen molar-refractivity contribution in [1.82, 2.24) is 10.2 Å². The Labute approximate surface area is 236 Å². The lowest BCUT2D eigenvalue weighted by Crippen LogP contribution is -2.52. The van der Waals surface area contributed by atoms with E-state index >= 15 is 0 Å². The third-order valence-electron chi connectivity index (χ3n) is 6.37. The summed E-state index contributed by atoms with van der Waals surface area (Å²) in [5.74, 6) is -0.740. The molecule has 1 unspecified atom stereocenters. The average molecular weight is 570 g/mol. The van der Waals surface area contributed by atoms with Gasteiger partial charge in [0.1, 0.15) is 12.6 Å². The van der Waals surface area contributed by atoms with Gasteiger partial charge in [-0.05, 0) is 68.7 Å². The van der Waals surface area contributed by atoms with Crippen LogP contribution in [-0.4, -0.2) is 44.3 Å².